The monoisotopic (exact) mass is 589 g/mol. The van der Waals surface area contributed by atoms with Crippen LogP contribution >= 0.6 is 39.9 Å². The average molecular weight is 591 g/mol. The summed E-state index contributed by atoms with van der Waals surface area (Å²) >= 11 is 10.9. The molecule has 1 N–H and O–H groups in total. The van der Waals surface area contributed by atoms with Crippen molar-refractivity contribution in [2.45, 2.75) is 23.8 Å². The highest BCUT2D eigenvalue weighted by Gasteiger charge is 2.44. The number of nitrogens with one attached hydrogen (secondary N) is 1. The Bertz CT molecular complexity index is 1090. The third-order valence-corrected chi connectivity index (χ3v) is 8.28. The van der Waals surface area contributed by atoms with Crippen LogP contribution in [0.4, 0.5) is 11.4 Å². The van der Waals surface area contributed by atoms with Crippen LogP contribution in [0.5, 0.6) is 0 Å². The van der Waals surface area contributed by atoms with Gasteiger partial charge in [0.15, 0.2) is 5.11 Å². The zero-order valence-corrected chi connectivity index (χ0v) is 23.9. The summed E-state index contributed by atoms with van der Waals surface area (Å²) in [6.45, 7) is 5.81. The molecule has 4 rings (SSSR count). The molecule has 0 bridgehead atoms. The molecule has 0 aromatic heterocycles. The first-order chi connectivity index (χ1) is 17.4. The summed E-state index contributed by atoms with van der Waals surface area (Å²) < 4.78 is 0.937. The summed E-state index contributed by atoms with van der Waals surface area (Å²) in [5, 5.41) is 3.39. The lowest BCUT2D eigenvalue weighted by Gasteiger charge is -2.33. The maximum absolute atomic E-state index is 13.6. The van der Waals surface area contributed by atoms with E-state index in [1.54, 1.807) is 16.7 Å². The number of rotatable bonds is 9. The molecule has 0 saturated carbocycles. The van der Waals surface area contributed by atoms with Gasteiger partial charge in [-0.2, -0.15) is 0 Å². The van der Waals surface area contributed by atoms with Crippen molar-refractivity contribution in [3.63, 3.8) is 0 Å². The lowest BCUT2D eigenvalue weighted by atomic mass is 10.1. The van der Waals surface area contributed by atoms with Gasteiger partial charge in [0.2, 0.25) is 5.91 Å². The zero-order chi connectivity index (χ0) is 25.7. The van der Waals surface area contributed by atoms with Crippen molar-refractivity contribution in [1.82, 2.24) is 14.7 Å². The third kappa shape index (κ3) is 6.66. The molecule has 2 heterocycles. The van der Waals surface area contributed by atoms with Crippen LogP contribution in [0.2, 0.25) is 0 Å². The number of hydrogen-bond donors (Lipinski definition) is 1. The topological polar surface area (TPSA) is 59.1 Å². The Morgan fingerprint density at radius 1 is 1.11 bits per heavy atom. The number of nitrogens with zero attached hydrogens (tertiary/aromatic N) is 4. The van der Waals surface area contributed by atoms with Gasteiger partial charge in [0.1, 0.15) is 6.04 Å². The normalized spacial score (nSPS) is 19.2. The SMILES string of the molecule is CSc1cccc(N2C(=O)[C@@H](CC(=O)Nc3ccc(Br)cc3)N(CCCN3CCN(C)CC3)C2=S)c1. The zero-order valence-electron chi connectivity index (χ0n) is 20.7. The minimum Gasteiger partial charge on any atom is -0.336 e. The summed E-state index contributed by atoms with van der Waals surface area (Å²) in [6, 6.07) is 14.6. The van der Waals surface area contributed by atoms with Crippen LogP contribution in [0.1, 0.15) is 12.8 Å². The van der Waals surface area contributed by atoms with Crippen molar-refractivity contribution in [3.05, 3.63) is 53.0 Å². The van der Waals surface area contributed by atoms with Crippen molar-refractivity contribution in [2.75, 3.05) is 62.8 Å². The number of piperazine rings is 1. The van der Waals surface area contributed by atoms with Gasteiger partial charge in [0.25, 0.3) is 5.91 Å². The van der Waals surface area contributed by atoms with Crippen LogP contribution in [0.25, 0.3) is 0 Å². The van der Waals surface area contributed by atoms with E-state index >= 15 is 0 Å². The van der Waals surface area contributed by atoms with E-state index in [0.717, 1.165) is 54.2 Å². The van der Waals surface area contributed by atoms with Crippen LogP contribution in [0.15, 0.2) is 57.9 Å². The van der Waals surface area contributed by atoms with Gasteiger partial charge in [-0.15, -0.1) is 11.8 Å². The maximum Gasteiger partial charge on any atom is 0.256 e. The molecule has 7 nitrogen and oxygen atoms in total. The van der Waals surface area contributed by atoms with E-state index in [2.05, 4.69) is 38.1 Å². The van der Waals surface area contributed by atoms with Gasteiger partial charge in [-0.05, 0) is 81.0 Å². The van der Waals surface area contributed by atoms with Gasteiger partial charge in [0.05, 0.1) is 12.1 Å². The Morgan fingerprint density at radius 3 is 2.53 bits per heavy atom. The molecule has 0 unspecified atom stereocenters. The fourth-order valence-corrected chi connectivity index (χ4v) is 5.66. The van der Waals surface area contributed by atoms with Crippen molar-refractivity contribution in [1.29, 1.82) is 0 Å². The quantitative estimate of drug-likeness (QED) is 0.348. The molecule has 2 aromatic carbocycles. The molecule has 2 amide bonds. The molecule has 0 radical (unpaired) electrons. The number of likely N-dealkylation sites (N-methyl/N-ethyl adjacent to an activating group) is 1. The second kappa shape index (κ2) is 12.5. The van der Waals surface area contributed by atoms with Crippen molar-refractivity contribution >= 4 is 68.2 Å². The second-order valence-corrected chi connectivity index (χ2v) is 11.3. The fraction of sp³-hybridized carbons (Fsp3) is 0.423. The van der Waals surface area contributed by atoms with E-state index in [-0.39, 0.29) is 18.2 Å². The fourth-order valence-electron chi connectivity index (χ4n) is 4.53. The van der Waals surface area contributed by atoms with Crippen molar-refractivity contribution < 1.29 is 9.59 Å². The van der Waals surface area contributed by atoms with Gasteiger partial charge in [0, 0.05) is 47.8 Å². The largest absolute Gasteiger partial charge is 0.336 e. The molecule has 0 aliphatic carbocycles. The number of hydrogen-bond acceptors (Lipinski definition) is 6. The molecule has 2 fully saturated rings. The molecule has 2 aliphatic rings. The smallest absolute Gasteiger partial charge is 0.256 e. The summed E-state index contributed by atoms with van der Waals surface area (Å²) in [5.74, 6) is -0.355. The molecule has 0 spiro atoms. The molecule has 2 saturated heterocycles. The number of thiocarbonyl (C=S) groups is 1. The van der Waals surface area contributed by atoms with Gasteiger partial charge < -0.3 is 20.0 Å². The Kier molecular flexibility index (Phi) is 9.41. The van der Waals surface area contributed by atoms with Crippen LogP contribution < -0.4 is 10.2 Å². The highest BCUT2D eigenvalue weighted by Crippen LogP contribution is 2.30. The van der Waals surface area contributed by atoms with E-state index in [0.29, 0.717) is 17.3 Å². The molecule has 36 heavy (non-hydrogen) atoms. The first-order valence-corrected chi connectivity index (χ1v) is 14.5. The standard InChI is InChI=1S/C26H32BrN5O2S2/c1-29-13-15-30(16-14-29)11-4-12-31-23(18-24(33)28-20-9-7-19(27)8-10-20)25(34)32(26(31)35)21-5-3-6-22(17-21)36-2/h3,5-10,17,23H,4,11-16,18H2,1-2H3,(H,28,33)/t23-/m1/s1. The number of thioether (sulfide) groups is 1. The molecule has 2 aliphatic heterocycles. The molecular formula is C26H32BrN5O2S2. The van der Waals surface area contributed by atoms with E-state index in [1.807, 2.05) is 59.7 Å². The first kappa shape index (κ1) is 27.1. The number of carbonyl (C=O) groups excluding carboxylic acids is 2. The third-order valence-electron chi connectivity index (χ3n) is 6.61. The summed E-state index contributed by atoms with van der Waals surface area (Å²) in [6.07, 6.45) is 2.92. The number of anilines is 2. The van der Waals surface area contributed by atoms with Crippen LogP contribution in [-0.2, 0) is 9.59 Å². The van der Waals surface area contributed by atoms with Gasteiger partial charge in [-0.3, -0.25) is 14.5 Å². The number of amides is 2. The van der Waals surface area contributed by atoms with Crippen LogP contribution in [-0.4, -0.2) is 90.2 Å². The molecule has 1 atom stereocenters. The van der Waals surface area contributed by atoms with E-state index in [1.165, 1.54) is 0 Å². The van der Waals surface area contributed by atoms with E-state index in [4.69, 9.17) is 12.2 Å². The lowest BCUT2D eigenvalue weighted by molar-refractivity contribution is -0.124. The summed E-state index contributed by atoms with van der Waals surface area (Å²) in [5.41, 5.74) is 1.44. The predicted molar refractivity (Wildman–Crippen MR) is 155 cm³/mol. The van der Waals surface area contributed by atoms with Crippen LogP contribution in [0, 0.1) is 0 Å². The van der Waals surface area contributed by atoms with Crippen molar-refractivity contribution in [3.8, 4) is 0 Å². The molecule has 192 valence electrons. The highest BCUT2D eigenvalue weighted by molar-refractivity contribution is 9.10. The Labute approximate surface area is 231 Å². The Morgan fingerprint density at radius 2 is 1.83 bits per heavy atom. The maximum atomic E-state index is 13.6. The number of benzene rings is 2. The first-order valence-electron chi connectivity index (χ1n) is 12.1. The Hall–Kier alpha value is -1.98. The van der Waals surface area contributed by atoms with Gasteiger partial charge >= 0.3 is 0 Å². The van der Waals surface area contributed by atoms with Crippen LogP contribution in [0.3, 0.4) is 0 Å². The van der Waals surface area contributed by atoms with Gasteiger partial charge in [-0.25, -0.2) is 0 Å². The average Bonchev–Trinajstić information content (AvgIpc) is 3.10. The number of carbonyl (C=O) groups is 2. The predicted octanol–water partition coefficient (Wildman–Crippen LogP) is 4.14. The van der Waals surface area contributed by atoms with Crippen molar-refractivity contribution in [2.24, 2.45) is 0 Å². The molecule has 2 aromatic rings. The molecular weight excluding hydrogens is 558 g/mol. The minimum absolute atomic E-state index is 0.0439. The van der Waals surface area contributed by atoms with E-state index < -0.39 is 6.04 Å². The second-order valence-electron chi connectivity index (χ2n) is 9.12. The summed E-state index contributed by atoms with van der Waals surface area (Å²) in [4.78, 5) is 36.0. The minimum atomic E-state index is -0.627. The lowest BCUT2D eigenvalue weighted by Crippen LogP contribution is -2.45. The summed E-state index contributed by atoms with van der Waals surface area (Å²) in [7, 11) is 2.15. The van der Waals surface area contributed by atoms with Gasteiger partial charge in [-0.1, -0.05) is 22.0 Å². The highest BCUT2D eigenvalue weighted by atomic mass is 79.9. The Balaban J connectivity index is 1.48. The number of halogens is 1. The molecule has 10 heteroatoms. The van der Waals surface area contributed by atoms with E-state index in [9.17, 15) is 9.59 Å².